The van der Waals surface area contributed by atoms with Gasteiger partial charge in [0.1, 0.15) is 23.6 Å². The zero-order valence-electron chi connectivity index (χ0n) is 11.1. The molecule has 0 fully saturated rings. The molecule has 6 heteroatoms. The van der Waals surface area contributed by atoms with E-state index in [9.17, 15) is 0 Å². The summed E-state index contributed by atoms with van der Waals surface area (Å²) in [5.41, 5.74) is 1.68. The molecule has 0 aliphatic heterocycles. The fraction of sp³-hybridized carbons (Fsp3) is 0.286. The van der Waals surface area contributed by atoms with Crippen molar-refractivity contribution in [2.24, 2.45) is 0 Å². The molecule has 0 spiro atoms. The molecule has 104 valence electrons. The minimum atomic E-state index is -0.227. The van der Waals surface area contributed by atoms with Crippen molar-refractivity contribution in [3.8, 4) is 0 Å². The van der Waals surface area contributed by atoms with Gasteiger partial charge in [0.15, 0.2) is 0 Å². The van der Waals surface area contributed by atoms with Crippen molar-refractivity contribution in [2.75, 3.05) is 0 Å². The molecule has 2 heterocycles. The van der Waals surface area contributed by atoms with E-state index in [1.807, 2.05) is 36.6 Å². The third-order valence-electron chi connectivity index (χ3n) is 3.08. The summed E-state index contributed by atoms with van der Waals surface area (Å²) in [6.07, 6.45) is 1.70. The Morgan fingerprint density at radius 3 is 2.85 bits per heavy atom. The molecule has 3 aromatic rings. The van der Waals surface area contributed by atoms with Gasteiger partial charge in [0.2, 0.25) is 5.89 Å². The van der Waals surface area contributed by atoms with Crippen LogP contribution in [0.3, 0.4) is 0 Å². The first-order valence-electron chi connectivity index (χ1n) is 6.26. The first-order chi connectivity index (χ1) is 9.56. The van der Waals surface area contributed by atoms with Gasteiger partial charge in [0.25, 0.3) is 0 Å². The first-order valence-corrected chi connectivity index (χ1v) is 7.07. The zero-order chi connectivity index (χ0) is 14.3. The molecule has 4 nitrogen and oxygen atoms in total. The summed E-state index contributed by atoms with van der Waals surface area (Å²) >= 11 is 12.4. The number of oxazole rings is 1. The second-order valence-electron chi connectivity index (χ2n) is 4.64. The lowest BCUT2D eigenvalue weighted by atomic mass is 10.3. The molecule has 1 unspecified atom stereocenters. The highest BCUT2D eigenvalue weighted by molar-refractivity contribution is 6.35. The summed E-state index contributed by atoms with van der Waals surface area (Å²) in [4.78, 5) is 8.77. The van der Waals surface area contributed by atoms with Gasteiger partial charge in [-0.25, -0.2) is 9.97 Å². The number of para-hydroxylation sites is 1. The monoisotopic (exact) mass is 309 g/mol. The summed E-state index contributed by atoms with van der Waals surface area (Å²) in [5.74, 6) is 2.16. The molecule has 0 amide bonds. The highest BCUT2D eigenvalue weighted by atomic mass is 35.5. The van der Waals surface area contributed by atoms with Crippen LogP contribution in [0.4, 0.5) is 0 Å². The van der Waals surface area contributed by atoms with Gasteiger partial charge < -0.3 is 8.98 Å². The van der Waals surface area contributed by atoms with Crippen LogP contribution in [0, 0.1) is 6.92 Å². The Morgan fingerprint density at radius 2 is 2.20 bits per heavy atom. The molecular weight excluding hydrogens is 297 g/mol. The number of aromatic nitrogens is 3. The molecule has 0 aliphatic carbocycles. The molecule has 20 heavy (non-hydrogen) atoms. The van der Waals surface area contributed by atoms with E-state index in [0.29, 0.717) is 17.5 Å². The lowest BCUT2D eigenvalue weighted by Gasteiger charge is -2.08. The number of fused-ring (bicyclic) bond motifs is 1. The van der Waals surface area contributed by atoms with Crippen molar-refractivity contribution in [1.29, 1.82) is 0 Å². The number of aryl methyl sites for hydroxylation is 1. The Bertz CT molecular complexity index is 761. The number of rotatable bonds is 3. The Labute approximate surface area is 126 Å². The predicted molar refractivity (Wildman–Crippen MR) is 79.4 cm³/mol. The molecule has 0 aliphatic rings. The number of nitrogens with zero attached hydrogens (tertiary/aromatic N) is 3. The summed E-state index contributed by atoms with van der Waals surface area (Å²) < 4.78 is 7.53. The largest absolute Gasteiger partial charge is 0.444 e. The summed E-state index contributed by atoms with van der Waals surface area (Å²) in [5, 5.41) is 0.387. The lowest BCUT2D eigenvalue weighted by Crippen LogP contribution is -2.06. The highest BCUT2D eigenvalue weighted by Crippen LogP contribution is 2.29. The maximum Gasteiger partial charge on any atom is 0.214 e. The van der Waals surface area contributed by atoms with Gasteiger partial charge in [-0.05, 0) is 26.0 Å². The minimum absolute atomic E-state index is 0.227. The van der Waals surface area contributed by atoms with E-state index in [-0.39, 0.29) is 5.38 Å². The number of imidazole rings is 1. The third kappa shape index (κ3) is 2.30. The van der Waals surface area contributed by atoms with Gasteiger partial charge in [0.05, 0.1) is 22.1 Å². The molecule has 0 bridgehead atoms. The fourth-order valence-corrected chi connectivity index (χ4v) is 2.59. The number of halogens is 2. The lowest BCUT2D eigenvalue weighted by molar-refractivity contribution is 0.456. The van der Waals surface area contributed by atoms with Crippen LogP contribution in [0.25, 0.3) is 11.0 Å². The summed E-state index contributed by atoms with van der Waals surface area (Å²) in [6.45, 7) is 4.23. The van der Waals surface area contributed by atoms with Crippen LogP contribution in [0.2, 0.25) is 5.02 Å². The van der Waals surface area contributed by atoms with Gasteiger partial charge in [-0.3, -0.25) is 0 Å². The molecule has 1 atom stereocenters. The predicted octanol–water partition coefficient (Wildman–Crippen LogP) is 4.33. The van der Waals surface area contributed by atoms with E-state index < -0.39 is 0 Å². The van der Waals surface area contributed by atoms with E-state index in [2.05, 4.69) is 9.97 Å². The number of hydrogen-bond donors (Lipinski definition) is 0. The molecular formula is C14H13Cl2N3O. The van der Waals surface area contributed by atoms with Crippen LogP contribution < -0.4 is 0 Å². The summed E-state index contributed by atoms with van der Waals surface area (Å²) in [7, 11) is 0. The molecule has 0 saturated carbocycles. The van der Waals surface area contributed by atoms with Crippen molar-refractivity contribution in [3.63, 3.8) is 0 Å². The van der Waals surface area contributed by atoms with Gasteiger partial charge in [-0.15, -0.1) is 11.6 Å². The zero-order valence-corrected chi connectivity index (χ0v) is 12.6. The molecule has 0 N–H and O–H groups in total. The second-order valence-corrected chi connectivity index (χ2v) is 5.71. The van der Waals surface area contributed by atoms with Gasteiger partial charge >= 0.3 is 0 Å². The Kier molecular flexibility index (Phi) is 3.44. The van der Waals surface area contributed by atoms with Crippen LogP contribution in [0.5, 0.6) is 0 Å². The SMILES string of the molecule is Cc1cnc(Cn2c(C(C)Cl)nc3c(Cl)cccc32)o1. The van der Waals surface area contributed by atoms with E-state index >= 15 is 0 Å². The van der Waals surface area contributed by atoms with Crippen molar-refractivity contribution in [3.05, 3.63) is 46.9 Å². The molecule has 0 radical (unpaired) electrons. The molecule has 3 rings (SSSR count). The molecule has 0 saturated heterocycles. The van der Waals surface area contributed by atoms with E-state index in [4.69, 9.17) is 27.6 Å². The average molecular weight is 310 g/mol. The Hall–Kier alpha value is -1.52. The minimum Gasteiger partial charge on any atom is -0.444 e. The van der Waals surface area contributed by atoms with Crippen LogP contribution >= 0.6 is 23.2 Å². The van der Waals surface area contributed by atoms with E-state index in [1.165, 1.54) is 0 Å². The summed E-state index contributed by atoms with van der Waals surface area (Å²) in [6, 6.07) is 5.68. The van der Waals surface area contributed by atoms with Crippen molar-refractivity contribution in [2.45, 2.75) is 25.8 Å². The van der Waals surface area contributed by atoms with Crippen LogP contribution in [-0.4, -0.2) is 14.5 Å². The van der Waals surface area contributed by atoms with Crippen molar-refractivity contribution >= 4 is 34.2 Å². The van der Waals surface area contributed by atoms with Gasteiger partial charge in [-0.1, -0.05) is 17.7 Å². The molecule has 2 aromatic heterocycles. The number of hydrogen-bond acceptors (Lipinski definition) is 3. The van der Waals surface area contributed by atoms with Crippen LogP contribution in [-0.2, 0) is 6.54 Å². The second kappa shape index (κ2) is 5.11. The maximum absolute atomic E-state index is 6.23. The maximum atomic E-state index is 6.23. The normalized spacial score (nSPS) is 13.0. The Balaban J connectivity index is 2.16. The smallest absolute Gasteiger partial charge is 0.214 e. The highest BCUT2D eigenvalue weighted by Gasteiger charge is 2.18. The number of benzene rings is 1. The third-order valence-corrected chi connectivity index (χ3v) is 3.58. The topological polar surface area (TPSA) is 43.9 Å². The van der Waals surface area contributed by atoms with Crippen LogP contribution in [0.1, 0.15) is 29.8 Å². The quantitative estimate of drug-likeness (QED) is 0.676. The fourth-order valence-electron chi connectivity index (χ4n) is 2.21. The van der Waals surface area contributed by atoms with Gasteiger partial charge in [-0.2, -0.15) is 0 Å². The van der Waals surface area contributed by atoms with E-state index in [0.717, 1.165) is 22.6 Å². The van der Waals surface area contributed by atoms with E-state index in [1.54, 1.807) is 6.20 Å². The number of alkyl halides is 1. The Morgan fingerprint density at radius 1 is 1.40 bits per heavy atom. The van der Waals surface area contributed by atoms with Crippen LogP contribution in [0.15, 0.2) is 28.8 Å². The first kappa shape index (κ1) is 13.5. The molecule has 1 aromatic carbocycles. The standard InChI is InChI=1S/C14H13Cl2N3O/c1-8-6-17-12(20-8)7-19-11-5-3-4-10(16)13(11)18-14(19)9(2)15/h3-6,9H,7H2,1-2H3. The van der Waals surface area contributed by atoms with Crippen molar-refractivity contribution in [1.82, 2.24) is 14.5 Å². The van der Waals surface area contributed by atoms with Gasteiger partial charge in [0, 0.05) is 0 Å². The van der Waals surface area contributed by atoms with Crippen molar-refractivity contribution < 1.29 is 4.42 Å². The average Bonchev–Trinajstić information content (AvgIpc) is 2.96.